The third kappa shape index (κ3) is 4.11. The highest BCUT2D eigenvalue weighted by molar-refractivity contribution is 5.88. The smallest absolute Gasteiger partial charge is 0.0714 e. The van der Waals surface area contributed by atoms with Crippen LogP contribution in [0.25, 0.3) is 44.8 Å². The van der Waals surface area contributed by atoms with Crippen LogP contribution in [0.4, 0.5) is 0 Å². The van der Waals surface area contributed by atoms with Gasteiger partial charge in [0.1, 0.15) is 0 Å². The molecule has 0 saturated carbocycles. The monoisotopic (exact) mass is 548 g/mol. The maximum Gasteiger partial charge on any atom is 0.0714 e. The Bertz CT molecular complexity index is 1960. The molecule has 2 aromatic heterocycles. The Hall–Kier alpha value is -5.60. The van der Waals surface area contributed by atoms with Gasteiger partial charge in [-0.05, 0) is 93.0 Å². The van der Waals surface area contributed by atoms with Gasteiger partial charge in [-0.15, -0.1) is 0 Å². The van der Waals surface area contributed by atoms with E-state index in [0.29, 0.717) is 0 Å². The normalized spacial score (nSPS) is 12.8. The third-order valence-electron chi connectivity index (χ3n) is 8.64. The summed E-state index contributed by atoms with van der Waals surface area (Å²) in [7, 11) is 0. The minimum absolute atomic E-state index is 0.549. The van der Waals surface area contributed by atoms with E-state index in [-0.39, 0.29) is 0 Å². The molecule has 0 radical (unpaired) electrons. The van der Waals surface area contributed by atoms with Crippen LogP contribution >= 0.6 is 0 Å². The maximum absolute atomic E-state index is 4.78. The van der Waals surface area contributed by atoms with E-state index in [4.69, 9.17) is 9.97 Å². The van der Waals surface area contributed by atoms with Gasteiger partial charge in [0.05, 0.1) is 16.8 Å². The molecular weight excluding hydrogens is 520 g/mol. The van der Waals surface area contributed by atoms with Crippen LogP contribution in [-0.2, 0) is 5.41 Å². The second-order valence-corrected chi connectivity index (χ2v) is 11.0. The summed E-state index contributed by atoms with van der Waals surface area (Å²) in [5, 5.41) is 0. The topological polar surface area (TPSA) is 25.8 Å². The molecule has 43 heavy (non-hydrogen) atoms. The van der Waals surface area contributed by atoms with Gasteiger partial charge >= 0.3 is 0 Å². The van der Waals surface area contributed by atoms with Crippen LogP contribution in [-0.4, -0.2) is 9.97 Å². The van der Waals surface area contributed by atoms with Gasteiger partial charge in [0, 0.05) is 23.5 Å². The van der Waals surface area contributed by atoms with Crippen molar-refractivity contribution in [1.29, 1.82) is 0 Å². The van der Waals surface area contributed by atoms with E-state index in [1.807, 2.05) is 30.6 Å². The van der Waals surface area contributed by atoms with Gasteiger partial charge in [0.2, 0.25) is 0 Å². The summed E-state index contributed by atoms with van der Waals surface area (Å²) < 4.78 is 0. The number of pyridine rings is 2. The Morgan fingerprint density at radius 3 is 1.53 bits per heavy atom. The van der Waals surface area contributed by atoms with Crippen LogP contribution in [0.15, 0.2) is 170 Å². The van der Waals surface area contributed by atoms with Gasteiger partial charge in [0.15, 0.2) is 0 Å². The molecule has 8 rings (SSSR count). The average Bonchev–Trinajstić information content (AvgIpc) is 3.40. The van der Waals surface area contributed by atoms with Gasteiger partial charge in [-0.3, -0.25) is 9.97 Å². The fraction of sp³-hybridized carbons (Fsp3) is 0.0244. The lowest BCUT2D eigenvalue weighted by atomic mass is 9.66. The molecule has 0 spiro atoms. The Morgan fingerprint density at radius 1 is 0.349 bits per heavy atom. The summed E-state index contributed by atoms with van der Waals surface area (Å²) in [6, 6.07) is 56.6. The number of aromatic nitrogens is 2. The van der Waals surface area contributed by atoms with Crippen molar-refractivity contribution in [3.8, 4) is 44.8 Å². The molecular formula is C41H28N2. The fourth-order valence-corrected chi connectivity index (χ4v) is 6.79. The lowest BCUT2D eigenvalue weighted by Gasteiger charge is -2.35. The van der Waals surface area contributed by atoms with E-state index >= 15 is 0 Å². The molecule has 0 amide bonds. The number of nitrogens with zero attached hydrogens (tertiary/aromatic N) is 2. The second kappa shape index (κ2) is 10.3. The average molecular weight is 549 g/mol. The van der Waals surface area contributed by atoms with E-state index in [9.17, 15) is 0 Å². The Kier molecular flexibility index (Phi) is 6.05. The van der Waals surface area contributed by atoms with Crippen molar-refractivity contribution < 1.29 is 0 Å². The molecule has 0 saturated heterocycles. The van der Waals surface area contributed by atoms with E-state index in [1.165, 1.54) is 44.5 Å². The molecule has 0 atom stereocenters. The van der Waals surface area contributed by atoms with Gasteiger partial charge in [0.25, 0.3) is 0 Å². The molecule has 5 aromatic carbocycles. The molecule has 2 heteroatoms. The number of benzene rings is 5. The van der Waals surface area contributed by atoms with Crippen molar-refractivity contribution >= 4 is 0 Å². The molecule has 0 unspecified atom stereocenters. The third-order valence-corrected chi connectivity index (χ3v) is 8.64. The molecule has 7 aromatic rings. The van der Waals surface area contributed by atoms with Gasteiger partial charge in [-0.25, -0.2) is 0 Å². The van der Waals surface area contributed by atoms with E-state index in [1.54, 1.807) is 0 Å². The van der Waals surface area contributed by atoms with Crippen molar-refractivity contribution in [3.63, 3.8) is 0 Å². The van der Waals surface area contributed by atoms with Crippen molar-refractivity contribution in [2.75, 3.05) is 0 Å². The fourth-order valence-electron chi connectivity index (χ4n) is 6.79. The van der Waals surface area contributed by atoms with Crippen molar-refractivity contribution in [2.45, 2.75) is 5.41 Å². The standard InChI is InChI=1S/C41H28N2/c1-2-13-29(14-3-1)31-25-32(40-22-9-11-24-43-40)28-34(27-31)41(33-16-12-15-30(26-33)39-21-8-10-23-42-39)37-19-6-4-17-35(37)36-18-5-7-20-38(36)41/h1-28H. The van der Waals surface area contributed by atoms with Gasteiger partial charge in [-0.1, -0.05) is 109 Å². The summed E-state index contributed by atoms with van der Waals surface area (Å²) in [6.45, 7) is 0. The van der Waals surface area contributed by atoms with E-state index in [2.05, 4.69) is 140 Å². The number of hydrogen-bond donors (Lipinski definition) is 0. The molecule has 0 bridgehead atoms. The molecule has 1 aliphatic carbocycles. The quantitative estimate of drug-likeness (QED) is 0.214. The summed E-state index contributed by atoms with van der Waals surface area (Å²) in [5.74, 6) is 0. The first-order valence-corrected chi connectivity index (χ1v) is 14.7. The summed E-state index contributed by atoms with van der Waals surface area (Å²) in [6.07, 6.45) is 3.73. The van der Waals surface area contributed by atoms with Crippen LogP contribution in [0.2, 0.25) is 0 Å². The van der Waals surface area contributed by atoms with E-state index < -0.39 is 5.41 Å². The van der Waals surface area contributed by atoms with Crippen LogP contribution in [0.5, 0.6) is 0 Å². The predicted molar refractivity (Wildman–Crippen MR) is 176 cm³/mol. The number of fused-ring (bicyclic) bond motifs is 3. The second-order valence-electron chi connectivity index (χ2n) is 11.0. The summed E-state index contributed by atoms with van der Waals surface area (Å²) >= 11 is 0. The SMILES string of the molecule is c1ccc(-c2cc(-c3ccccn3)cc(C3(c4cccc(-c5ccccn5)c4)c4ccccc4-c4ccccc43)c2)cc1. The zero-order chi connectivity index (χ0) is 28.6. The highest BCUT2D eigenvalue weighted by Crippen LogP contribution is 2.57. The Balaban J connectivity index is 1.49. The first-order chi connectivity index (χ1) is 21.3. The predicted octanol–water partition coefficient (Wildman–Crippen LogP) is 9.84. The molecule has 202 valence electrons. The van der Waals surface area contributed by atoms with Gasteiger partial charge in [-0.2, -0.15) is 0 Å². The van der Waals surface area contributed by atoms with Crippen LogP contribution < -0.4 is 0 Å². The molecule has 1 aliphatic rings. The maximum atomic E-state index is 4.78. The van der Waals surface area contributed by atoms with Crippen molar-refractivity contribution in [2.24, 2.45) is 0 Å². The van der Waals surface area contributed by atoms with E-state index in [0.717, 1.165) is 22.5 Å². The molecule has 2 nitrogen and oxygen atoms in total. The van der Waals surface area contributed by atoms with Crippen LogP contribution in [0.3, 0.4) is 0 Å². The largest absolute Gasteiger partial charge is 0.256 e. The number of rotatable bonds is 5. The lowest BCUT2D eigenvalue weighted by Crippen LogP contribution is -2.28. The Labute approximate surface area is 252 Å². The highest BCUT2D eigenvalue weighted by Gasteiger charge is 2.46. The minimum Gasteiger partial charge on any atom is -0.256 e. The van der Waals surface area contributed by atoms with Crippen molar-refractivity contribution in [3.05, 3.63) is 192 Å². The van der Waals surface area contributed by atoms with Crippen LogP contribution in [0.1, 0.15) is 22.3 Å². The molecule has 0 N–H and O–H groups in total. The zero-order valence-electron chi connectivity index (χ0n) is 23.6. The highest BCUT2D eigenvalue weighted by atomic mass is 14.7. The van der Waals surface area contributed by atoms with Crippen LogP contribution in [0, 0.1) is 0 Å². The number of hydrogen-bond acceptors (Lipinski definition) is 2. The Morgan fingerprint density at radius 2 is 0.884 bits per heavy atom. The molecule has 0 aliphatic heterocycles. The van der Waals surface area contributed by atoms with Gasteiger partial charge < -0.3 is 0 Å². The van der Waals surface area contributed by atoms with Crippen molar-refractivity contribution in [1.82, 2.24) is 9.97 Å². The molecule has 2 heterocycles. The zero-order valence-corrected chi connectivity index (χ0v) is 23.6. The first-order valence-electron chi connectivity index (χ1n) is 14.7. The molecule has 0 fully saturated rings. The lowest BCUT2D eigenvalue weighted by molar-refractivity contribution is 0.769. The minimum atomic E-state index is -0.549. The summed E-state index contributed by atoms with van der Waals surface area (Å²) in [4.78, 5) is 9.48. The summed E-state index contributed by atoms with van der Waals surface area (Å²) in [5.41, 5.74) is 13.4. The first kappa shape index (κ1) is 25.1.